The molecule has 0 radical (unpaired) electrons. The lowest BCUT2D eigenvalue weighted by atomic mass is 9.87. The minimum absolute atomic E-state index is 0.198. The first kappa shape index (κ1) is 12.2. The van der Waals surface area contributed by atoms with E-state index in [-0.39, 0.29) is 5.41 Å². The van der Waals surface area contributed by atoms with Gasteiger partial charge in [-0.15, -0.1) is 6.58 Å². The first-order valence-corrected chi connectivity index (χ1v) is 4.83. The van der Waals surface area contributed by atoms with Crippen LogP contribution in [0.3, 0.4) is 0 Å². The van der Waals surface area contributed by atoms with Crippen molar-refractivity contribution in [2.75, 3.05) is 0 Å². The van der Waals surface area contributed by atoms with Gasteiger partial charge in [-0.05, 0) is 18.3 Å². The standard InChI is InChI=1S/C11H20O2/c1-4-11(2,3)9-7-5-6-8-10(12)13/h4H,1,5-9H2,2-3H3,(H,12,13). The molecule has 0 bridgehead atoms. The van der Waals surface area contributed by atoms with E-state index in [1.54, 1.807) is 0 Å². The molecule has 0 spiro atoms. The number of carboxylic acids is 1. The van der Waals surface area contributed by atoms with Gasteiger partial charge >= 0.3 is 5.97 Å². The predicted octanol–water partition coefficient (Wildman–Crippen LogP) is 3.23. The van der Waals surface area contributed by atoms with Crippen molar-refractivity contribution in [1.82, 2.24) is 0 Å². The fourth-order valence-corrected chi connectivity index (χ4v) is 1.14. The summed E-state index contributed by atoms with van der Waals surface area (Å²) in [6.07, 6.45) is 6.24. The van der Waals surface area contributed by atoms with Crippen LogP contribution >= 0.6 is 0 Å². The Morgan fingerprint density at radius 1 is 1.38 bits per heavy atom. The Balaban J connectivity index is 3.35. The van der Waals surface area contributed by atoms with E-state index in [2.05, 4.69) is 20.4 Å². The Morgan fingerprint density at radius 3 is 2.46 bits per heavy atom. The van der Waals surface area contributed by atoms with Crippen LogP contribution in [0.1, 0.15) is 46.0 Å². The summed E-state index contributed by atoms with van der Waals surface area (Å²) in [7, 11) is 0. The Bertz CT molecular complexity index is 171. The highest BCUT2D eigenvalue weighted by atomic mass is 16.4. The minimum Gasteiger partial charge on any atom is -0.481 e. The third-order valence-electron chi connectivity index (χ3n) is 2.26. The van der Waals surface area contributed by atoms with Gasteiger partial charge in [-0.25, -0.2) is 0 Å². The van der Waals surface area contributed by atoms with Crippen molar-refractivity contribution < 1.29 is 9.90 Å². The van der Waals surface area contributed by atoms with Crippen LogP contribution in [0.25, 0.3) is 0 Å². The lowest BCUT2D eigenvalue weighted by Gasteiger charge is -2.18. The van der Waals surface area contributed by atoms with E-state index in [1.807, 2.05) is 6.08 Å². The molecule has 0 aliphatic rings. The molecule has 0 aromatic heterocycles. The topological polar surface area (TPSA) is 37.3 Å². The smallest absolute Gasteiger partial charge is 0.303 e. The number of carboxylic acid groups (broad SMARTS) is 1. The number of hydrogen-bond donors (Lipinski definition) is 1. The third kappa shape index (κ3) is 7.57. The third-order valence-corrected chi connectivity index (χ3v) is 2.26. The lowest BCUT2D eigenvalue weighted by Crippen LogP contribution is -2.06. The van der Waals surface area contributed by atoms with Gasteiger partial charge in [0.2, 0.25) is 0 Å². The highest BCUT2D eigenvalue weighted by Gasteiger charge is 2.11. The maximum absolute atomic E-state index is 10.2. The summed E-state index contributed by atoms with van der Waals surface area (Å²) >= 11 is 0. The molecule has 0 atom stereocenters. The number of unbranched alkanes of at least 4 members (excludes halogenated alkanes) is 2. The average Bonchev–Trinajstić information content (AvgIpc) is 2.03. The van der Waals surface area contributed by atoms with Crippen LogP contribution in [0.15, 0.2) is 12.7 Å². The summed E-state index contributed by atoms with van der Waals surface area (Å²) in [6, 6.07) is 0. The molecule has 0 aromatic carbocycles. The van der Waals surface area contributed by atoms with Crippen LogP contribution in [0.5, 0.6) is 0 Å². The van der Waals surface area contributed by atoms with E-state index in [4.69, 9.17) is 5.11 Å². The number of carbonyl (C=O) groups is 1. The van der Waals surface area contributed by atoms with Gasteiger partial charge in [-0.3, -0.25) is 4.79 Å². The molecule has 0 saturated carbocycles. The Labute approximate surface area is 80.7 Å². The predicted molar refractivity (Wildman–Crippen MR) is 54.7 cm³/mol. The quantitative estimate of drug-likeness (QED) is 0.487. The van der Waals surface area contributed by atoms with Crippen molar-refractivity contribution in [1.29, 1.82) is 0 Å². The summed E-state index contributed by atoms with van der Waals surface area (Å²) in [5.41, 5.74) is 0.198. The number of hydrogen-bond acceptors (Lipinski definition) is 1. The van der Waals surface area contributed by atoms with Gasteiger partial charge in [0.1, 0.15) is 0 Å². The average molecular weight is 184 g/mol. The fraction of sp³-hybridized carbons (Fsp3) is 0.727. The molecular formula is C11H20O2. The van der Waals surface area contributed by atoms with E-state index < -0.39 is 5.97 Å². The molecule has 0 unspecified atom stereocenters. The number of allylic oxidation sites excluding steroid dienone is 1. The molecule has 0 fully saturated rings. The first-order chi connectivity index (χ1) is 5.98. The van der Waals surface area contributed by atoms with E-state index in [1.165, 1.54) is 0 Å². The molecule has 0 heterocycles. The zero-order valence-electron chi connectivity index (χ0n) is 8.68. The van der Waals surface area contributed by atoms with Gasteiger partial charge in [0, 0.05) is 6.42 Å². The van der Waals surface area contributed by atoms with Gasteiger partial charge in [0.05, 0.1) is 0 Å². The number of rotatable bonds is 7. The molecule has 0 aliphatic carbocycles. The van der Waals surface area contributed by atoms with Crippen LogP contribution < -0.4 is 0 Å². The van der Waals surface area contributed by atoms with Gasteiger partial charge in [0.25, 0.3) is 0 Å². The van der Waals surface area contributed by atoms with Crippen molar-refractivity contribution >= 4 is 5.97 Å². The van der Waals surface area contributed by atoms with Crippen molar-refractivity contribution in [3.8, 4) is 0 Å². The van der Waals surface area contributed by atoms with Crippen molar-refractivity contribution in [3.05, 3.63) is 12.7 Å². The molecule has 2 heteroatoms. The summed E-state index contributed by atoms with van der Waals surface area (Å²) in [4.78, 5) is 10.2. The molecule has 1 N–H and O–H groups in total. The second kappa shape index (κ2) is 5.79. The second-order valence-corrected chi connectivity index (χ2v) is 4.15. The summed E-state index contributed by atoms with van der Waals surface area (Å²) in [5.74, 6) is -0.692. The van der Waals surface area contributed by atoms with Crippen LogP contribution in [-0.2, 0) is 4.79 Å². The van der Waals surface area contributed by atoms with E-state index >= 15 is 0 Å². The molecule has 2 nitrogen and oxygen atoms in total. The fourth-order valence-electron chi connectivity index (χ4n) is 1.14. The van der Waals surface area contributed by atoms with Crippen molar-refractivity contribution in [2.24, 2.45) is 5.41 Å². The Kier molecular flexibility index (Phi) is 5.44. The Hall–Kier alpha value is -0.790. The van der Waals surface area contributed by atoms with Gasteiger partial charge in [0.15, 0.2) is 0 Å². The van der Waals surface area contributed by atoms with E-state index in [9.17, 15) is 4.79 Å². The zero-order valence-corrected chi connectivity index (χ0v) is 8.68. The van der Waals surface area contributed by atoms with Crippen LogP contribution in [0, 0.1) is 5.41 Å². The van der Waals surface area contributed by atoms with Gasteiger partial charge < -0.3 is 5.11 Å². The maximum atomic E-state index is 10.2. The Morgan fingerprint density at radius 2 is 2.00 bits per heavy atom. The summed E-state index contributed by atoms with van der Waals surface area (Å²) in [6.45, 7) is 8.07. The summed E-state index contributed by atoms with van der Waals surface area (Å²) in [5, 5.41) is 8.40. The first-order valence-electron chi connectivity index (χ1n) is 4.83. The SMILES string of the molecule is C=CC(C)(C)CCCCCC(=O)O. The van der Waals surface area contributed by atoms with Gasteiger partial charge in [-0.1, -0.05) is 32.8 Å². The monoisotopic (exact) mass is 184 g/mol. The van der Waals surface area contributed by atoms with E-state index in [0.29, 0.717) is 6.42 Å². The molecule has 0 saturated heterocycles. The van der Waals surface area contributed by atoms with Gasteiger partial charge in [-0.2, -0.15) is 0 Å². The van der Waals surface area contributed by atoms with Crippen LogP contribution in [0.2, 0.25) is 0 Å². The second-order valence-electron chi connectivity index (χ2n) is 4.15. The molecule has 0 amide bonds. The van der Waals surface area contributed by atoms with Crippen LogP contribution in [0.4, 0.5) is 0 Å². The molecule has 0 aliphatic heterocycles. The summed E-state index contributed by atoms with van der Waals surface area (Å²) < 4.78 is 0. The molecule has 13 heavy (non-hydrogen) atoms. The number of aliphatic carboxylic acids is 1. The molecular weight excluding hydrogens is 164 g/mol. The molecule has 0 aromatic rings. The molecule has 0 rings (SSSR count). The zero-order chi connectivity index (χ0) is 10.3. The maximum Gasteiger partial charge on any atom is 0.303 e. The van der Waals surface area contributed by atoms with E-state index in [0.717, 1.165) is 25.7 Å². The van der Waals surface area contributed by atoms with Crippen LogP contribution in [-0.4, -0.2) is 11.1 Å². The minimum atomic E-state index is -0.692. The lowest BCUT2D eigenvalue weighted by molar-refractivity contribution is -0.137. The normalized spacial score (nSPS) is 11.2. The highest BCUT2D eigenvalue weighted by molar-refractivity contribution is 5.66. The van der Waals surface area contributed by atoms with Crippen molar-refractivity contribution in [2.45, 2.75) is 46.0 Å². The largest absolute Gasteiger partial charge is 0.481 e. The highest BCUT2D eigenvalue weighted by Crippen LogP contribution is 2.24. The molecule has 76 valence electrons. The van der Waals surface area contributed by atoms with Crippen molar-refractivity contribution in [3.63, 3.8) is 0 Å².